The van der Waals surface area contributed by atoms with Crippen LogP contribution in [0.15, 0.2) is 24.3 Å². The number of halogens is 1. The highest BCUT2D eigenvalue weighted by molar-refractivity contribution is 5.83. The number of benzene rings is 1. The summed E-state index contributed by atoms with van der Waals surface area (Å²) in [6.45, 7) is 4.26. The largest absolute Gasteiger partial charge is 0.480 e. The first-order valence-corrected chi connectivity index (χ1v) is 7.20. The van der Waals surface area contributed by atoms with Crippen molar-refractivity contribution in [1.82, 2.24) is 0 Å². The lowest BCUT2D eigenvalue weighted by Gasteiger charge is -2.40. The zero-order valence-electron chi connectivity index (χ0n) is 12.0. The summed E-state index contributed by atoms with van der Waals surface area (Å²) in [5.41, 5.74) is -0.433. The number of carboxylic acids is 1. The van der Waals surface area contributed by atoms with E-state index in [1.165, 1.54) is 12.1 Å². The molecule has 20 heavy (non-hydrogen) atoms. The summed E-state index contributed by atoms with van der Waals surface area (Å²) < 4.78 is 13.3. The molecule has 1 aliphatic carbocycles. The Balaban J connectivity index is 2.23. The van der Waals surface area contributed by atoms with Crippen molar-refractivity contribution in [1.29, 1.82) is 0 Å². The van der Waals surface area contributed by atoms with Crippen molar-refractivity contribution in [3.05, 3.63) is 30.1 Å². The van der Waals surface area contributed by atoms with E-state index in [4.69, 9.17) is 0 Å². The molecule has 1 aromatic rings. The van der Waals surface area contributed by atoms with Crippen LogP contribution in [0.3, 0.4) is 0 Å². The van der Waals surface area contributed by atoms with Crippen molar-refractivity contribution in [2.24, 2.45) is 11.8 Å². The van der Waals surface area contributed by atoms with Crippen molar-refractivity contribution in [3.63, 3.8) is 0 Å². The average molecular weight is 279 g/mol. The molecular formula is C16H22FNO2. The normalized spacial score (nSPS) is 26.5. The maximum absolute atomic E-state index is 13.3. The van der Waals surface area contributed by atoms with Gasteiger partial charge in [-0.1, -0.05) is 26.3 Å². The molecule has 1 saturated carbocycles. The maximum atomic E-state index is 13.3. The first-order valence-electron chi connectivity index (χ1n) is 7.20. The van der Waals surface area contributed by atoms with Gasteiger partial charge in [-0.15, -0.1) is 0 Å². The molecule has 2 N–H and O–H groups in total. The Bertz CT molecular complexity index is 489. The predicted octanol–water partition coefficient (Wildman–Crippen LogP) is 3.91. The smallest absolute Gasteiger partial charge is 0.329 e. The van der Waals surface area contributed by atoms with Crippen LogP contribution in [0.2, 0.25) is 0 Å². The number of hydrogen-bond donors (Lipinski definition) is 2. The molecule has 0 radical (unpaired) electrons. The van der Waals surface area contributed by atoms with E-state index in [1.807, 2.05) is 0 Å². The van der Waals surface area contributed by atoms with Gasteiger partial charge in [0.2, 0.25) is 0 Å². The van der Waals surface area contributed by atoms with Gasteiger partial charge < -0.3 is 10.4 Å². The second-order valence-corrected chi connectivity index (χ2v) is 6.12. The number of aliphatic carboxylic acids is 1. The Kier molecular flexibility index (Phi) is 4.31. The Morgan fingerprint density at radius 2 is 2.25 bits per heavy atom. The number of anilines is 1. The molecule has 4 heteroatoms. The third-order valence-electron chi connectivity index (χ3n) is 4.35. The molecule has 0 spiro atoms. The van der Waals surface area contributed by atoms with Gasteiger partial charge in [-0.05, 0) is 49.3 Å². The van der Waals surface area contributed by atoms with Crippen LogP contribution < -0.4 is 5.32 Å². The van der Waals surface area contributed by atoms with Crippen LogP contribution in [0.5, 0.6) is 0 Å². The first kappa shape index (κ1) is 14.8. The minimum Gasteiger partial charge on any atom is -0.480 e. The van der Waals surface area contributed by atoms with Crippen LogP contribution in [-0.2, 0) is 4.79 Å². The van der Waals surface area contributed by atoms with E-state index in [2.05, 4.69) is 19.2 Å². The summed E-state index contributed by atoms with van der Waals surface area (Å²) in [4.78, 5) is 11.8. The molecule has 0 bridgehead atoms. The Morgan fingerprint density at radius 1 is 1.50 bits per heavy atom. The van der Waals surface area contributed by atoms with Gasteiger partial charge in [-0.25, -0.2) is 9.18 Å². The second kappa shape index (κ2) is 5.81. The molecule has 0 saturated heterocycles. The van der Waals surface area contributed by atoms with E-state index in [0.29, 0.717) is 30.4 Å². The van der Waals surface area contributed by atoms with E-state index in [9.17, 15) is 14.3 Å². The first-order chi connectivity index (χ1) is 9.43. The lowest BCUT2D eigenvalue weighted by Crippen LogP contribution is -2.50. The molecule has 2 atom stereocenters. The van der Waals surface area contributed by atoms with Crippen LogP contribution in [0.1, 0.15) is 39.5 Å². The summed E-state index contributed by atoms with van der Waals surface area (Å²) in [6, 6.07) is 6.02. The molecule has 0 heterocycles. The highest BCUT2D eigenvalue weighted by atomic mass is 19.1. The summed E-state index contributed by atoms with van der Waals surface area (Å²) in [7, 11) is 0. The van der Waals surface area contributed by atoms with Crippen LogP contribution in [0.25, 0.3) is 0 Å². The zero-order chi connectivity index (χ0) is 14.8. The summed E-state index contributed by atoms with van der Waals surface area (Å²) >= 11 is 0. The molecule has 0 aromatic heterocycles. The SMILES string of the molecule is CC(C)C1CCCC(Nc2cccc(F)c2)(C(=O)O)C1. The number of carboxylic acid groups (broad SMARTS) is 1. The summed E-state index contributed by atoms with van der Waals surface area (Å²) in [6.07, 6.45) is 3.13. The molecule has 0 aliphatic heterocycles. The Labute approximate surface area is 119 Å². The molecule has 110 valence electrons. The lowest BCUT2D eigenvalue weighted by molar-refractivity contribution is -0.144. The minimum atomic E-state index is -0.971. The third kappa shape index (κ3) is 3.11. The third-order valence-corrected chi connectivity index (χ3v) is 4.35. The van der Waals surface area contributed by atoms with Gasteiger partial charge in [0.25, 0.3) is 0 Å². The zero-order valence-corrected chi connectivity index (χ0v) is 12.0. The molecule has 1 aromatic carbocycles. The summed E-state index contributed by atoms with van der Waals surface area (Å²) in [5.74, 6) is -0.344. The van der Waals surface area contributed by atoms with Crippen molar-refractivity contribution < 1.29 is 14.3 Å². The quantitative estimate of drug-likeness (QED) is 0.878. The van der Waals surface area contributed by atoms with Crippen LogP contribution in [0, 0.1) is 17.7 Å². The van der Waals surface area contributed by atoms with Crippen LogP contribution >= 0.6 is 0 Å². The van der Waals surface area contributed by atoms with Crippen molar-refractivity contribution in [3.8, 4) is 0 Å². The Hall–Kier alpha value is -1.58. The van der Waals surface area contributed by atoms with E-state index >= 15 is 0 Å². The highest BCUT2D eigenvalue weighted by Crippen LogP contribution is 2.38. The topological polar surface area (TPSA) is 49.3 Å². The molecule has 2 rings (SSSR count). The van der Waals surface area contributed by atoms with Gasteiger partial charge in [0.05, 0.1) is 0 Å². The number of carbonyl (C=O) groups is 1. The van der Waals surface area contributed by atoms with Gasteiger partial charge in [-0.3, -0.25) is 0 Å². The predicted molar refractivity (Wildman–Crippen MR) is 77.2 cm³/mol. The van der Waals surface area contributed by atoms with E-state index in [0.717, 1.165) is 12.8 Å². The number of rotatable bonds is 4. The lowest BCUT2D eigenvalue weighted by atomic mass is 9.71. The molecular weight excluding hydrogens is 257 g/mol. The molecule has 1 aliphatic rings. The van der Waals surface area contributed by atoms with Gasteiger partial charge >= 0.3 is 5.97 Å². The fourth-order valence-electron chi connectivity index (χ4n) is 3.09. The standard InChI is InChI=1S/C16H22FNO2/c1-11(2)12-5-4-8-16(10-12,15(19)20)18-14-7-3-6-13(17)9-14/h3,6-7,9,11-12,18H,4-5,8,10H2,1-2H3,(H,19,20). The second-order valence-electron chi connectivity index (χ2n) is 6.12. The maximum Gasteiger partial charge on any atom is 0.329 e. The monoisotopic (exact) mass is 279 g/mol. The van der Waals surface area contributed by atoms with Crippen molar-refractivity contribution in [2.45, 2.75) is 45.1 Å². The van der Waals surface area contributed by atoms with Crippen LogP contribution in [-0.4, -0.2) is 16.6 Å². The van der Waals surface area contributed by atoms with Crippen molar-refractivity contribution in [2.75, 3.05) is 5.32 Å². The van der Waals surface area contributed by atoms with Gasteiger partial charge in [0.15, 0.2) is 0 Å². The van der Waals surface area contributed by atoms with E-state index in [-0.39, 0.29) is 5.82 Å². The van der Waals surface area contributed by atoms with Gasteiger partial charge in [0.1, 0.15) is 11.4 Å². The van der Waals surface area contributed by atoms with E-state index < -0.39 is 11.5 Å². The molecule has 3 nitrogen and oxygen atoms in total. The fraction of sp³-hybridized carbons (Fsp3) is 0.562. The Morgan fingerprint density at radius 3 is 2.85 bits per heavy atom. The number of hydrogen-bond acceptors (Lipinski definition) is 2. The van der Waals surface area contributed by atoms with Crippen LogP contribution in [0.4, 0.5) is 10.1 Å². The molecule has 0 amide bonds. The average Bonchev–Trinajstić information content (AvgIpc) is 2.38. The van der Waals surface area contributed by atoms with Crippen molar-refractivity contribution >= 4 is 11.7 Å². The molecule has 1 fully saturated rings. The molecule has 2 unspecified atom stereocenters. The minimum absolute atomic E-state index is 0.355. The highest BCUT2D eigenvalue weighted by Gasteiger charge is 2.43. The van der Waals surface area contributed by atoms with Gasteiger partial charge in [-0.2, -0.15) is 0 Å². The summed E-state index contributed by atoms with van der Waals surface area (Å²) in [5, 5.41) is 12.7. The van der Waals surface area contributed by atoms with E-state index in [1.54, 1.807) is 12.1 Å². The fourth-order valence-corrected chi connectivity index (χ4v) is 3.09. The van der Waals surface area contributed by atoms with Gasteiger partial charge in [0, 0.05) is 5.69 Å². The number of nitrogens with one attached hydrogen (secondary N) is 1.